The van der Waals surface area contributed by atoms with Crippen LogP contribution in [0.5, 0.6) is 0 Å². The van der Waals surface area contributed by atoms with E-state index in [1.807, 2.05) is 6.07 Å². The standard InChI is InChI=1S/C53H35N5/c1-5-17-37(18-6-1)44-29-16-30-47-48(44)54-52(57(47)43-25-11-4-12-26-43)42-24-15-23-41(35-42)36-31-33-39(34-32-36)50-55-51(40-21-9-3-10-22-40)58-49(38-19-7-2-8-20-38)45-27-13-14-28-46(45)53(58)56-50/h1-35H. The van der Waals surface area contributed by atoms with Crippen LogP contribution in [0, 0.1) is 0 Å². The van der Waals surface area contributed by atoms with Crippen LogP contribution in [0.1, 0.15) is 0 Å². The molecule has 0 radical (unpaired) electrons. The second-order valence-corrected chi connectivity index (χ2v) is 14.5. The molecule has 8 aromatic carbocycles. The minimum Gasteiger partial charge on any atom is -0.292 e. The van der Waals surface area contributed by atoms with E-state index in [-0.39, 0.29) is 0 Å². The summed E-state index contributed by atoms with van der Waals surface area (Å²) in [7, 11) is 0. The molecular formula is C53H35N5. The van der Waals surface area contributed by atoms with E-state index >= 15 is 0 Å². The number of rotatable bonds is 7. The van der Waals surface area contributed by atoms with Gasteiger partial charge in [-0.05, 0) is 46.5 Å². The van der Waals surface area contributed by atoms with Crippen molar-refractivity contribution in [3.05, 3.63) is 212 Å². The number of para-hydroxylation sites is 2. The Balaban J connectivity index is 1.03. The summed E-state index contributed by atoms with van der Waals surface area (Å²) < 4.78 is 4.50. The maximum Gasteiger partial charge on any atom is 0.163 e. The quantitative estimate of drug-likeness (QED) is 0.163. The maximum absolute atomic E-state index is 5.37. The van der Waals surface area contributed by atoms with Crippen molar-refractivity contribution in [2.24, 2.45) is 0 Å². The van der Waals surface area contributed by atoms with Gasteiger partial charge in [-0.25, -0.2) is 15.0 Å². The molecule has 0 atom stereocenters. The van der Waals surface area contributed by atoms with Gasteiger partial charge in [0.1, 0.15) is 17.3 Å². The predicted molar refractivity (Wildman–Crippen MR) is 238 cm³/mol. The highest BCUT2D eigenvalue weighted by Gasteiger charge is 2.21. The fourth-order valence-corrected chi connectivity index (χ4v) is 8.25. The number of benzene rings is 8. The molecule has 0 saturated heterocycles. The lowest BCUT2D eigenvalue weighted by Crippen LogP contribution is -2.03. The number of fused-ring (bicyclic) bond motifs is 4. The minimum absolute atomic E-state index is 0.681. The molecule has 0 spiro atoms. The summed E-state index contributed by atoms with van der Waals surface area (Å²) in [4.78, 5) is 16.0. The van der Waals surface area contributed by atoms with Crippen LogP contribution in [0.3, 0.4) is 0 Å². The molecule has 0 N–H and O–H groups in total. The van der Waals surface area contributed by atoms with Crippen molar-refractivity contribution in [3.8, 4) is 73.4 Å². The van der Waals surface area contributed by atoms with Crippen molar-refractivity contribution in [2.75, 3.05) is 0 Å². The summed E-state index contributed by atoms with van der Waals surface area (Å²) in [6, 6.07) is 74.2. The Labute approximate surface area is 335 Å². The molecule has 0 fully saturated rings. The first-order valence-corrected chi connectivity index (χ1v) is 19.5. The third kappa shape index (κ3) is 5.68. The fourth-order valence-electron chi connectivity index (χ4n) is 8.25. The molecule has 11 rings (SSSR count). The maximum atomic E-state index is 5.37. The molecule has 0 bridgehead atoms. The Hall–Kier alpha value is -7.89. The Morgan fingerprint density at radius 3 is 1.64 bits per heavy atom. The molecule has 3 aromatic heterocycles. The minimum atomic E-state index is 0.681. The third-order valence-electron chi connectivity index (χ3n) is 11.0. The lowest BCUT2D eigenvalue weighted by molar-refractivity contribution is 1.05. The second kappa shape index (κ2) is 14.0. The zero-order valence-corrected chi connectivity index (χ0v) is 31.4. The lowest BCUT2D eigenvalue weighted by atomic mass is 10.0. The van der Waals surface area contributed by atoms with E-state index in [4.69, 9.17) is 15.0 Å². The smallest absolute Gasteiger partial charge is 0.163 e. The Morgan fingerprint density at radius 2 is 0.914 bits per heavy atom. The van der Waals surface area contributed by atoms with Crippen molar-refractivity contribution in [1.82, 2.24) is 23.9 Å². The summed E-state index contributed by atoms with van der Waals surface area (Å²) >= 11 is 0. The van der Waals surface area contributed by atoms with E-state index in [0.717, 1.165) is 95.0 Å². The SMILES string of the molecule is c1ccc(-c2cccc3c2nc(-c2cccc(-c4ccc(-c5nc(-c6ccccc6)n6c(-c7ccccc7)c7ccccc7c6n5)cc4)c2)n3-c2ccccc2)cc1. The molecule has 58 heavy (non-hydrogen) atoms. The average molecular weight is 742 g/mol. The Bertz CT molecular complexity index is 3240. The van der Waals surface area contributed by atoms with E-state index < -0.39 is 0 Å². The fraction of sp³-hybridized carbons (Fsp3) is 0. The van der Waals surface area contributed by atoms with E-state index in [9.17, 15) is 0 Å². The van der Waals surface area contributed by atoms with Crippen LogP contribution < -0.4 is 0 Å². The van der Waals surface area contributed by atoms with Crippen LogP contribution >= 0.6 is 0 Å². The first-order valence-electron chi connectivity index (χ1n) is 19.5. The van der Waals surface area contributed by atoms with Crippen LogP contribution in [0.4, 0.5) is 0 Å². The highest BCUT2D eigenvalue weighted by atomic mass is 15.1. The molecule has 0 aliphatic heterocycles. The van der Waals surface area contributed by atoms with Gasteiger partial charge in [-0.1, -0.05) is 188 Å². The van der Waals surface area contributed by atoms with Gasteiger partial charge < -0.3 is 0 Å². The number of nitrogens with zero attached hydrogens (tertiary/aromatic N) is 5. The summed E-state index contributed by atoms with van der Waals surface area (Å²) in [6.07, 6.45) is 0. The number of aromatic nitrogens is 5. The van der Waals surface area contributed by atoms with Gasteiger partial charge >= 0.3 is 0 Å². The molecule has 5 heteroatoms. The number of hydrogen-bond donors (Lipinski definition) is 0. The highest BCUT2D eigenvalue weighted by molar-refractivity contribution is 6.06. The molecule has 0 saturated carbocycles. The Morgan fingerprint density at radius 1 is 0.345 bits per heavy atom. The van der Waals surface area contributed by atoms with Gasteiger partial charge in [0.15, 0.2) is 5.82 Å². The molecule has 0 unspecified atom stereocenters. The van der Waals surface area contributed by atoms with Crippen molar-refractivity contribution in [1.29, 1.82) is 0 Å². The lowest BCUT2D eigenvalue weighted by Gasteiger charge is -2.13. The molecule has 0 aliphatic carbocycles. The predicted octanol–water partition coefficient (Wildman–Crippen LogP) is 13.2. The topological polar surface area (TPSA) is 48.0 Å². The molecule has 11 aromatic rings. The van der Waals surface area contributed by atoms with Crippen LogP contribution in [0.2, 0.25) is 0 Å². The van der Waals surface area contributed by atoms with Gasteiger partial charge in [-0.2, -0.15) is 0 Å². The van der Waals surface area contributed by atoms with Gasteiger partial charge in [-0.3, -0.25) is 8.97 Å². The average Bonchev–Trinajstić information content (AvgIpc) is 3.87. The highest BCUT2D eigenvalue weighted by Crippen LogP contribution is 2.39. The number of hydrogen-bond acceptors (Lipinski definition) is 3. The van der Waals surface area contributed by atoms with Gasteiger partial charge in [0, 0.05) is 38.7 Å². The molecule has 5 nitrogen and oxygen atoms in total. The molecular weight excluding hydrogens is 707 g/mol. The number of imidazole rings is 1. The summed E-state index contributed by atoms with van der Waals surface area (Å²) in [5, 5.41) is 2.23. The van der Waals surface area contributed by atoms with Crippen molar-refractivity contribution < 1.29 is 0 Å². The van der Waals surface area contributed by atoms with Crippen molar-refractivity contribution >= 4 is 27.5 Å². The van der Waals surface area contributed by atoms with Crippen LogP contribution in [0.25, 0.3) is 101 Å². The molecule has 0 amide bonds. The Kier molecular flexibility index (Phi) is 8.07. The zero-order chi connectivity index (χ0) is 38.4. The van der Waals surface area contributed by atoms with Crippen molar-refractivity contribution in [2.45, 2.75) is 0 Å². The van der Waals surface area contributed by atoms with Crippen LogP contribution in [-0.2, 0) is 0 Å². The van der Waals surface area contributed by atoms with Crippen LogP contribution in [-0.4, -0.2) is 23.9 Å². The van der Waals surface area contributed by atoms with E-state index in [0.29, 0.717) is 5.82 Å². The largest absolute Gasteiger partial charge is 0.292 e. The zero-order valence-electron chi connectivity index (χ0n) is 31.4. The van der Waals surface area contributed by atoms with Crippen molar-refractivity contribution in [3.63, 3.8) is 0 Å². The molecule has 272 valence electrons. The molecule has 0 aliphatic rings. The third-order valence-corrected chi connectivity index (χ3v) is 11.0. The van der Waals surface area contributed by atoms with Gasteiger partial charge in [0.2, 0.25) is 0 Å². The summed E-state index contributed by atoms with van der Waals surface area (Å²) in [5.41, 5.74) is 13.7. The first kappa shape index (κ1) is 33.4. The van der Waals surface area contributed by atoms with Gasteiger partial charge in [-0.15, -0.1) is 0 Å². The van der Waals surface area contributed by atoms with Gasteiger partial charge in [0.05, 0.1) is 16.7 Å². The van der Waals surface area contributed by atoms with E-state index in [2.05, 4.69) is 215 Å². The first-order chi connectivity index (χ1) is 28.8. The van der Waals surface area contributed by atoms with Gasteiger partial charge in [0.25, 0.3) is 0 Å². The summed E-state index contributed by atoms with van der Waals surface area (Å²) in [5.74, 6) is 2.43. The monoisotopic (exact) mass is 741 g/mol. The molecule has 3 heterocycles. The second-order valence-electron chi connectivity index (χ2n) is 14.5. The van der Waals surface area contributed by atoms with E-state index in [1.165, 1.54) is 0 Å². The van der Waals surface area contributed by atoms with E-state index in [1.54, 1.807) is 0 Å². The normalized spacial score (nSPS) is 11.4. The van der Waals surface area contributed by atoms with Crippen LogP contribution in [0.15, 0.2) is 212 Å². The summed E-state index contributed by atoms with van der Waals surface area (Å²) in [6.45, 7) is 0.